The molecule has 0 aliphatic heterocycles. The average molecular weight is 443 g/mol. The van der Waals surface area contributed by atoms with E-state index in [9.17, 15) is 0 Å². The van der Waals surface area contributed by atoms with Crippen molar-refractivity contribution in [3.05, 3.63) is 60.0 Å². The number of hydrogen-bond acceptors (Lipinski definition) is 4. The molecular formula is C28H34N4O. The van der Waals surface area contributed by atoms with Crippen LogP contribution in [-0.2, 0) is 5.41 Å². The van der Waals surface area contributed by atoms with Crippen LogP contribution in [-0.4, -0.2) is 28.4 Å². The van der Waals surface area contributed by atoms with E-state index in [1.54, 1.807) is 7.11 Å². The normalized spacial score (nSPS) is 26.4. The second kappa shape index (κ2) is 7.89. The Morgan fingerprint density at radius 1 is 1.03 bits per heavy atom. The van der Waals surface area contributed by atoms with Gasteiger partial charge < -0.3 is 10.1 Å². The van der Waals surface area contributed by atoms with Crippen LogP contribution in [0.4, 0.5) is 5.82 Å². The van der Waals surface area contributed by atoms with Gasteiger partial charge in [-0.15, -0.1) is 0 Å². The van der Waals surface area contributed by atoms with Gasteiger partial charge in [0.25, 0.3) is 0 Å². The number of nitrogens with zero attached hydrogens (tertiary/aromatic N) is 3. The zero-order valence-corrected chi connectivity index (χ0v) is 19.8. The first-order valence-electron chi connectivity index (χ1n) is 12.5. The molecule has 0 amide bonds. The average Bonchev–Trinajstić information content (AvgIpc) is 3.60. The molecule has 4 aliphatic rings. The fourth-order valence-corrected chi connectivity index (χ4v) is 6.18. The Kier molecular flexibility index (Phi) is 4.97. The highest BCUT2D eigenvalue weighted by atomic mass is 16.5. The van der Waals surface area contributed by atoms with E-state index in [0.717, 1.165) is 18.1 Å². The van der Waals surface area contributed by atoms with Gasteiger partial charge in [-0.1, -0.05) is 12.1 Å². The summed E-state index contributed by atoms with van der Waals surface area (Å²) >= 11 is 0. The molecule has 172 valence electrons. The van der Waals surface area contributed by atoms with Crippen LogP contribution in [0.15, 0.2) is 48.9 Å². The van der Waals surface area contributed by atoms with E-state index < -0.39 is 0 Å². The second-order valence-electron chi connectivity index (χ2n) is 10.7. The topological polar surface area (TPSA) is 52.0 Å². The highest BCUT2D eigenvalue weighted by Crippen LogP contribution is 2.58. The molecule has 5 nitrogen and oxygen atoms in total. The van der Waals surface area contributed by atoms with Crippen LogP contribution in [0.25, 0.3) is 11.1 Å². The quantitative estimate of drug-likeness (QED) is 0.466. The minimum absolute atomic E-state index is 0.360. The van der Waals surface area contributed by atoms with Crippen LogP contribution >= 0.6 is 0 Å². The molecule has 0 saturated heterocycles. The van der Waals surface area contributed by atoms with Gasteiger partial charge in [0.2, 0.25) is 0 Å². The van der Waals surface area contributed by atoms with E-state index in [1.165, 1.54) is 73.6 Å². The van der Waals surface area contributed by atoms with Crippen LogP contribution < -0.4 is 10.1 Å². The smallest absolute Gasteiger partial charge is 0.126 e. The van der Waals surface area contributed by atoms with E-state index >= 15 is 0 Å². The monoisotopic (exact) mass is 442 g/mol. The molecule has 4 fully saturated rings. The maximum absolute atomic E-state index is 5.49. The lowest BCUT2D eigenvalue weighted by atomic mass is 9.52. The Labute approximate surface area is 196 Å². The minimum Gasteiger partial charge on any atom is -0.496 e. The van der Waals surface area contributed by atoms with Gasteiger partial charge in [-0.25, -0.2) is 4.98 Å². The Morgan fingerprint density at radius 2 is 1.82 bits per heavy atom. The molecule has 7 rings (SSSR count). The van der Waals surface area contributed by atoms with Crippen LogP contribution in [0, 0.1) is 12.3 Å². The van der Waals surface area contributed by atoms with Gasteiger partial charge in [-0.05, 0) is 104 Å². The predicted octanol–water partition coefficient (Wildman–Crippen LogP) is 6.30. The van der Waals surface area contributed by atoms with Crippen molar-refractivity contribution in [2.24, 2.45) is 5.41 Å². The molecule has 0 radical (unpaired) electrons. The highest BCUT2D eigenvalue weighted by Gasteiger charge is 2.49. The predicted molar refractivity (Wildman–Crippen MR) is 132 cm³/mol. The SMILES string of the molecule is COc1ccc(C23CCC(CNc4cc(-c5cnn(C6CC6)c5)ccn4)(CC2)CC3)cc1C. The summed E-state index contributed by atoms with van der Waals surface area (Å²) in [5.41, 5.74) is 5.90. The molecule has 33 heavy (non-hydrogen) atoms. The first-order valence-corrected chi connectivity index (χ1v) is 12.5. The Hall–Kier alpha value is -2.82. The van der Waals surface area contributed by atoms with E-state index in [1.807, 2.05) is 12.4 Å². The van der Waals surface area contributed by atoms with E-state index in [4.69, 9.17) is 4.74 Å². The number of ether oxygens (including phenoxy) is 1. The number of fused-ring (bicyclic) bond motifs is 3. The number of benzene rings is 1. The summed E-state index contributed by atoms with van der Waals surface area (Å²) < 4.78 is 7.60. The van der Waals surface area contributed by atoms with Crippen LogP contribution in [0.5, 0.6) is 5.75 Å². The summed E-state index contributed by atoms with van der Waals surface area (Å²) in [6.07, 6.45) is 16.3. The molecule has 4 aliphatic carbocycles. The number of rotatable bonds is 7. The number of methoxy groups -OCH3 is 1. The second-order valence-corrected chi connectivity index (χ2v) is 10.7. The first-order chi connectivity index (χ1) is 16.1. The van der Waals surface area contributed by atoms with Crippen molar-refractivity contribution >= 4 is 5.82 Å². The van der Waals surface area contributed by atoms with E-state index in [0.29, 0.717) is 16.9 Å². The third kappa shape index (κ3) is 3.81. The summed E-state index contributed by atoms with van der Waals surface area (Å²) in [6, 6.07) is 11.7. The molecular weight excluding hydrogens is 408 g/mol. The van der Waals surface area contributed by atoms with E-state index in [2.05, 4.69) is 63.5 Å². The Bertz CT molecular complexity index is 1140. The van der Waals surface area contributed by atoms with Gasteiger partial charge in [-0.2, -0.15) is 5.10 Å². The lowest BCUT2D eigenvalue weighted by molar-refractivity contribution is 0.0505. The highest BCUT2D eigenvalue weighted by molar-refractivity contribution is 5.65. The van der Waals surface area contributed by atoms with Crippen molar-refractivity contribution in [2.75, 3.05) is 19.0 Å². The third-order valence-corrected chi connectivity index (χ3v) is 8.67. The first kappa shape index (κ1) is 20.8. The van der Waals surface area contributed by atoms with Crippen LogP contribution in [0.3, 0.4) is 0 Å². The maximum atomic E-state index is 5.49. The number of aryl methyl sites for hydroxylation is 1. The summed E-state index contributed by atoms with van der Waals surface area (Å²) in [5, 5.41) is 8.25. The molecule has 1 N–H and O–H groups in total. The zero-order chi connectivity index (χ0) is 22.5. The number of anilines is 1. The number of hydrogen-bond donors (Lipinski definition) is 1. The summed E-state index contributed by atoms with van der Waals surface area (Å²) in [4.78, 5) is 4.62. The van der Waals surface area contributed by atoms with Crippen molar-refractivity contribution in [1.29, 1.82) is 0 Å². The molecule has 2 bridgehead atoms. The minimum atomic E-state index is 0.360. The van der Waals surface area contributed by atoms with Gasteiger partial charge in [0.15, 0.2) is 0 Å². The molecule has 2 aromatic heterocycles. The fraction of sp³-hybridized carbons (Fsp3) is 0.500. The Balaban J connectivity index is 1.12. The maximum Gasteiger partial charge on any atom is 0.126 e. The van der Waals surface area contributed by atoms with Crippen molar-refractivity contribution in [1.82, 2.24) is 14.8 Å². The molecule has 0 atom stereocenters. The summed E-state index contributed by atoms with van der Waals surface area (Å²) in [5.74, 6) is 1.98. The van der Waals surface area contributed by atoms with Crippen molar-refractivity contribution in [2.45, 2.75) is 69.7 Å². The summed E-state index contributed by atoms with van der Waals surface area (Å²) in [6.45, 7) is 3.18. The van der Waals surface area contributed by atoms with Gasteiger partial charge in [0, 0.05) is 24.5 Å². The van der Waals surface area contributed by atoms with Gasteiger partial charge in [-0.3, -0.25) is 4.68 Å². The van der Waals surface area contributed by atoms with Crippen LogP contribution in [0.1, 0.15) is 68.5 Å². The van der Waals surface area contributed by atoms with Crippen molar-refractivity contribution in [3.8, 4) is 16.9 Å². The molecule has 3 aromatic rings. The van der Waals surface area contributed by atoms with Crippen molar-refractivity contribution in [3.63, 3.8) is 0 Å². The van der Waals surface area contributed by atoms with Gasteiger partial charge >= 0.3 is 0 Å². The van der Waals surface area contributed by atoms with Crippen molar-refractivity contribution < 1.29 is 4.74 Å². The number of aromatic nitrogens is 3. The molecule has 4 saturated carbocycles. The lowest BCUT2D eigenvalue weighted by Crippen LogP contribution is -2.47. The zero-order valence-electron chi connectivity index (χ0n) is 19.8. The number of nitrogens with one attached hydrogen (secondary N) is 1. The Morgan fingerprint density at radius 3 is 2.52 bits per heavy atom. The molecule has 2 heterocycles. The lowest BCUT2D eigenvalue weighted by Gasteiger charge is -2.54. The molecule has 0 spiro atoms. The van der Waals surface area contributed by atoms with Gasteiger partial charge in [0.05, 0.1) is 19.3 Å². The van der Waals surface area contributed by atoms with Crippen LogP contribution in [0.2, 0.25) is 0 Å². The standard InChI is InChI=1S/C28H34N4O/c1-20-15-23(3-6-25(20)33-2)28-11-8-27(9-12-28,10-13-28)19-30-26-16-21(7-14-29-26)22-17-31-32(18-22)24-4-5-24/h3,6-7,14-18,24H,4-5,8-13,19H2,1-2H3,(H,29,30). The number of pyridine rings is 1. The molecule has 5 heteroatoms. The van der Waals surface area contributed by atoms with Gasteiger partial charge in [0.1, 0.15) is 11.6 Å². The summed E-state index contributed by atoms with van der Waals surface area (Å²) in [7, 11) is 1.76. The third-order valence-electron chi connectivity index (χ3n) is 8.67. The fourth-order valence-electron chi connectivity index (χ4n) is 6.18. The molecule has 1 aromatic carbocycles. The largest absolute Gasteiger partial charge is 0.496 e. The van der Waals surface area contributed by atoms with E-state index in [-0.39, 0.29) is 0 Å². The molecule has 0 unspecified atom stereocenters.